The van der Waals surface area contributed by atoms with E-state index in [-0.39, 0.29) is 17.8 Å². The van der Waals surface area contributed by atoms with Gasteiger partial charge in [-0.3, -0.25) is 9.59 Å². The summed E-state index contributed by atoms with van der Waals surface area (Å²) in [6.45, 7) is 5.59. The average Bonchev–Trinajstić information content (AvgIpc) is 2.94. The first-order valence-electron chi connectivity index (χ1n) is 8.93. The van der Waals surface area contributed by atoms with Gasteiger partial charge in [-0.15, -0.1) is 0 Å². The number of amides is 2. The molecule has 1 aromatic carbocycles. The van der Waals surface area contributed by atoms with Gasteiger partial charge in [0.1, 0.15) is 11.5 Å². The number of nitrogens with two attached hydrogens (primary N) is 1. The number of benzene rings is 1. The van der Waals surface area contributed by atoms with Gasteiger partial charge >= 0.3 is 0 Å². The molecule has 3 N–H and O–H groups in total. The van der Waals surface area contributed by atoms with Crippen LogP contribution in [-0.2, 0) is 11.2 Å². The van der Waals surface area contributed by atoms with E-state index in [1.54, 1.807) is 19.1 Å². The molecule has 3 rings (SSSR count). The number of hydrogen-bond acceptors (Lipinski definition) is 5. The van der Waals surface area contributed by atoms with Gasteiger partial charge in [0.15, 0.2) is 12.4 Å². The molecule has 0 saturated heterocycles. The van der Waals surface area contributed by atoms with Crippen molar-refractivity contribution in [1.29, 1.82) is 0 Å². The Morgan fingerprint density at radius 2 is 2.03 bits per heavy atom. The van der Waals surface area contributed by atoms with Crippen LogP contribution in [0.15, 0.2) is 27.7 Å². The number of hydrogen-bond donors (Lipinski definition) is 2. The van der Waals surface area contributed by atoms with Gasteiger partial charge in [-0.1, -0.05) is 37.0 Å². The van der Waals surface area contributed by atoms with Crippen LogP contribution in [-0.4, -0.2) is 24.1 Å². The van der Waals surface area contributed by atoms with Crippen LogP contribution < -0.4 is 15.9 Å². The SMILES string of the molecule is Cc1c(C(N)=O)oc2c1/C(=N/NC(=O)COc1ccc(Cl)cc1Cl)CC(C)(C)C2. The fraction of sp³-hybridized carbons (Fsp3) is 0.350. The van der Waals surface area contributed by atoms with Crippen molar-refractivity contribution in [3.63, 3.8) is 0 Å². The minimum Gasteiger partial charge on any atom is -0.482 e. The second-order valence-corrected chi connectivity index (χ2v) is 8.54. The summed E-state index contributed by atoms with van der Waals surface area (Å²) in [5, 5.41) is 5.05. The number of fused-ring (bicyclic) bond motifs is 1. The van der Waals surface area contributed by atoms with Gasteiger partial charge in [0, 0.05) is 22.6 Å². The molecule has 7 nitrogen and oxygen atoms in total. The van der Waals surface area contributed by atoms with Crippen LogP contribution in [0.1, 0.15) is 47.7 Å². The van der Waals surface area contributed by atoms with Crippen LogP contribution in [0.4, 0.5) is 0 Å². The van der Waals surface area contributed by atoms with E-state index in [1.165, 1.54) is 6.07 Å². The predicted octanol–water partition coefficient (Wildman–Crippen LogP) is 3.87. The van der Waals surface area contributed by atoms with Crippen LogP contribution in [0, 0.1) is 12.3 Å². The van der Waals surface area contributed by atoms with Crippen LogP contribution >= 0.6 is 23.2 Å². The first-order chi connectivity index (χ1) is 13.6. The number of carbonyl (C=O) groups is 2. The Morgan fingerprint density at radius 1 is 1.31 bits per heavy atom. The summed E-state index contributed by atoms with van der Waals surface area (Å²) in [7, 11) is 0. The Balaban J connectivity index is 1.76. The number of nitrogens with one attached hydrogen (secondary N) is 1. The van der Waals surface area contributed by atoms with E-state index in [9.17, 15) is 9.59 Å². The summed E-state index contributed by atoms with van der Waals surface area (Å²) in [6, 6.07) is 4.73. The van der Waals surface area contributed by atoms with E-state index in [0.29, 0.717) is 45.7 Å². The van der Waals surface area contributed by atoms with Gasteiger partial charge in [-0.2, -0.15) is 5.10 Å². The van der Waals surface area contributed by atoms with Gasteiger partial charge in [0.05, 0.1) is 10.7 Å². The molecule has 1 heterocycles. The normalized spacial score (nSPS) is 16.4. The molecule has 9 heteroatoms. The van der Waals surface area contributed by atoms with Gasteiger partial charge in [0.2, 0.25) is 0 Å². The zero-order valence-corrected chi connectivity index (χ0v) is 17.8. The summed E-state index contributed by atoms with van der Waals surface area (Å²) in [5.74, 6) is 0.0185. The molecule has 0 atom stereocenters. The number of rotatable bonds is 5. The highest BCUT2D eigenvalue weighted by atomic mass is 35.5. The molecule has 0 radical (unpaired) electrons. The van der Waals surface area contributed by atoms with Crippen molar-refractivity contribution in [3.8, 4) is 5.75 Å². The molecule has 0 bridgehead atoms. The minimum atomic E-state index is -0.633. The quantitative estimate of drug-likeness (QED) is 0.692. The van der Waals surface area contributed by atoms with Crippen molar-refractivity contribution in [2.24, 2.45) is 16.3 Å². The molecule has 1 aliphatic carbocycles. The van der Waals surface area contributed by atoms with Crippen molar-refractivity contribution in [2.75, 3.05) is 6.61 Å². The molecule has 0 fully saturated rings. The largest absolute Gasteiger partial charge is 0.482 e. The number of furan rings is 1. The molecular formula is C20H21Cl2N3O4. The van der Waals surface area contributed by atoms with Gasteiger partial charge in [-0.05, 0) is 37.0 Å². The third-order valence-corrected chi connectivity index (χ3v) is 5.12. The molecule has 1 aromatic heterocycles. The molecule has 0 spiro atoms. The minimum absolute atomic E-state index is 0.118. The van der Waals surface area contributed by atoms with Crippen LogP contribution in [0.25, 0.3) is 0 Å². The molecule has 2 amide bonds. The Hall–Kier alpha value is -2.51. The summed E-state index contributed by atoms with van der Waals surface area (Å²) in [4.78, 5) is 23.8. The summed E-state index contributed by atoms with van der Waals surface area (Å²) in [5.41, 5.74) is 9.72. The Labute approximate surface area is 178 Å². The van der Waals surface area contributed by atoms with E-state index in [1.807, 2.05) is 0 Å². The molecule has 2 aromatic rings. The number of primary amides is 1. The van der Waals surface area contributed by atoms with E-state index >= 15 is 0 Å². The van der Waals surface area contributed by atoms with Gasteiger partial charge < -0.3 is 14.9 Å². The lowest BCUT2D eigenvalue weighted by Gasteiger charge is -2.29. The molecule has 29 heavy (non-hydrogen) atoms. The number of ether oxygens (including phenoxy) is 1. The van der Waals surface area contributed by atoms with E-state index in [0.717, 1.165) is 5.56 Å². The van der Waals surface area contributed by atoms with Crippen molar-refractivity contribution < 1.29 is 18.7 Å². The third kappa shape index (κ3) is 4.74. The summed E-state index contributed by atoms with van der Waals surface area (Å²) in [6.07, 6.45) is 1.24. The number of carbonyl (C=O) groups excluding carboxylic acids is 2. The third-order valence-electron chi connectivity index (χ3n) is 4.59. The number of hydrazone groups is 1. The Kier molecular flexibility index (Phi) is 5.91. The average molecular weight is 438 g/mol. The standard InChI is InChI=1S/C20H21Cl2N3O4/c1-10-17-13(7-20(2,3)8-15(17)29-18(10)19(23)27)24-25-16(26)9-28-14-5-4-11(21)6-12(14)22/h4-6H,7-9H2,1-3H3,(H2,23,27)(H,25,26)/b24-13+. The molecule has 0 aliphatic heterocycles. The first kappa shape index (κ1) is 21.2. The smallest absolute Gasteiger partial charge is 0.284 e. The van der Waals surface area contributed by atoms with Crippen LogP contribution in [0.5, 0.6) is 5.75 Å². The Morgan fingerprint density at radius 3 is 2.69 bits per heavy atom. The second-order valence-electron chi connectivity index (χ2n) is 7.69. The lowest BCUT2D eigenvalue weighted by atomic mass is 9.75. The van der Waals surface area contributed by atoms with Crippen LogP contribution in [0.3, 0.4) is 0 Å². The maximum atomic E-state index is 12.2. The lowest BCUT2D eigenvalue weighted by molar-refractivity contribution is -0.123. The van der Waals surface area contributed by atoms with E-state index in [4.69, 9.17) is 38.1 Å². The maximum Gasteiger partial charge on any atom is 0.284 e. The molecule has 154 valence electrons. The zero-order chi connectivity index (χ0) is 21.3. The zero-order valence-electron chi connectivity index (χ0n) is 16.3. The summed E-state index contributed by atoms with van der Waals surface area (Å²) < 4.78 is 11.1. The fourth-order valence-corrected chi connectivity index (χ4v) is 3.81. The van der Waals surface area contributed by atoms with Crippen molar-refractivity contribution in [3.05, 3.63) is 50.9 Å². The first-order valence-corrected chi connectivity index (χ1v) is 9.68. The van der Waals surface area contributed by atoms with Crippen molar-refractivity contribution in [2.45, 2.75) is 33.6 Å². The van der Waals surface area contributed by atoms with Crippen molar-refractivity contribution >= 4 is 40.7 Å². The van der Waals surface area contributed by atoms with Crippen molar-refractivity contribution in [1.82, 2.24) is 5.43 Å². The highest BCUT2D eigenvalue weighted by Gasteiger charge is 2.35. The molecule has 1 aliphatic rings. The predicted molar refractivity (Wildman–Crippen MR) is 111 cm³/mol. The lowest BCUT2D eigenvalue weighted by Crippen LogP contribution is -2.31. The van der Waals surface area contributed by atoms with Gasteiger partial charge in [-0.25, -0.2) is 5.43 Å². The maximum absolute atomic E-state index is 12.2. The molecule has 0 unspecified atom stereocenters. The molecule has 0 saturated carbocycles. The van der Waals surface area contributed by atoms with E-state index < -0.39 is 11.8 Å². The second kappa shape index (κ2) is 8.08. The fourth-order valence-electron chi connectivity index (χ4n) is 3.34. The topological polar surface area (TPSA) is 107 Å². The van der Waals surface area contributed by atoms with Crippen LogP contribution in [0.2, 0.25) is 10.0 Å². The molecular weight excluding hydrogens is 417 g/mol. The van der Waals surface area contributed by atoms with E-state index in [2.05, 4.69) is 24.4 Å². The Bertz CT molecular complexity index is 1010. The number of nitrogens with zero attached hydrogens (tertiary/aromatic N) is 1. The highest BCUT2D eigenvalue weighted by Crippen LogP contribution is 2.38. The number of halogens is 2. The highest BCUT2D eigenvalue weighted by molar-refractivity contribution is 6.35. The monoisotopic (exact) mass is 437 g/mol. The summed E-state index contributed by atoms with van der Waals surface area (Å²) >= 11 is 11.9. The van der Waals surface area contributed by atoms with Gasteiger partial charge in [0.25, 0.3) is 11.8 Å².